The molecule has 1 aliphatic rings. The molecule has 1 saturated heterocycles. The first-order valence-electron chi connectivity index (χ1n) is 3.62. The van der Waals surface area contributed by atoms with Crippen LogP contribution < -0.4 is 5.73 Å². The zero-order valence-electron chi connectivity index (χ0n) is 6.57. The van der Waals surface area contributed by atoms with Gasteiger partial charge in [-0.05, 0) is 0 Å². The molecule has 0 aromatic rings. The first kappa shape index (κ1) is 10.4. The molecule has 5 atom stereocenters. The summed E-state index contributed by atoms with van der Waals surface area (Å²) in [4.78, 5) is 10.6. The maximum atomic E-state index is 10.6. The number of amides is 1. The Morgan fingerprint density at radius 1 is 1.08 bits per heavy atom. The molecule has 0 aromatic heterocycles. The minimum atomic E-state index is -1.73. The molecule has 1 fully saturated rings. The number of nitrogens with two attached hydrogens (primary N) is 1. The fraction of sp³-hybridized carbons (Fsp3) is 0.833. The Balaban J connectivity index is 2.76. The van der Waals surface area contributed by atoms with E-state index in [0.29, 0.717) is 0 Å². The lowest BCUT2D eigenvalue weighted by molar-refractivity contribution is -0.275. The van der Waals surface area contributed by atoms with Gasteiger partial charge in [0, 0.05) is 0 Å². The molecule has 1 aliphatic heterocycles. The molecule has 0 bridgehead atoms. The smallest absolute Gasteiger partial charge is 0.249 e. The van der Waals surface area contributed by atoms with Gasteiger partial charge in [0.1, 0.15) is 18.3 Å². The van der Waals surface area contributed by atoms with Gasteiger partial charge in [-0.3, -0.25) is 4.79 Å². The lowest BCUT2D eigenvalue weighted by Gasteiger charge is -2.36. The Morgan fingerprint density at radius 2 is 1.62 bits per heavy atom. The molecular weight excluding hydrogens is 182 g/mol. The molecule has 0 aliphatic carbocycles. The summed E-state index contributed by atoms with van der Waals surface area (Å²) in [6.07, 6.45) is -8.16. The minimum absolute atomic E-state index is 1.02. The summed E-state index contributed by atoms with van der Waals surface area (Å²) < 4.78 is 4.46. The molecule has 0 spiro atoms. The highest BCUT2D eigenvalue weighted by Gasteiger charge is 2.45. The van der Waals surface area contributed by atoms with Crippen molar-refractivity contribution in [1.82, 2.24) is 0 Å². The van der Waals surface area contributed by atoms with E-state index in [-0.39, 0.29) is 0 Å². The number of aliphatic hydroxyl groups is 4. The Morgan fingerprint density at radius 3 is 2.08 bits per heavy atom. The summed E-state index contributed by atoms with van der Waals surface area (Å²) in [5, 5.41) is 36.2. The van der Waals surface area contributed by atoms with E-state index in [9.17, 15) is 4.79 Å². The fourth-order valence-corrected chi connectivity index (χ4v) is 1.10. The second-order valence-corrected chi connectivity index (χ2v) is 2.82. The maximum Gasteiger partial charge on any atom is 0.249 e. The topological polar surface area (TPSA) is 133 Å². The number of primary amides is 1. The molecule has 0 saturated carbocycles. The predicted molar refractivity (Wildman–Crippen MR) is 38.1 cm³/mol. The van der Waals surface area contributed by atoms with Crippen LogP contribution in [0, 0.1) is 0 Å². The molecule has 6 N–H and O–H groups in total. The predicted octanol–water partition coefficient (Wildman–Crippen LogP) is -3.73. The van der Waals surface area contributed by atoms with Crippen LogP contribution in [0.25, 0.3) is 0 Å². The van der Waals surface area contributed by atoms with Crippen molar-refractivity contribution in [2.24, 2.45) is 5.73 Å². The van der Waals surface area contributed by atoms with Crippen molar-refractivity contribution in [3.8, 4) is 0 Å². The molecule has 76 valence electrons. The molecular formula is C6H11NO6. The molecule has 0 radical (unpaired) electrons. The molecule has 7 heteroatoms. The third-order valence-corrected chi connectivity index (χ3v) is 1.87. The van der Waals surface area contributed by atoms with Gasteiger partial charge in [-0.15, -0.1) is 0 Å². The van der Waals surface area contributed by atoms with Gasteiger partial charge in [-0.2, -0.15) is 0 Å². The van der Waals surface area contributed by atoms with Gasteiger partial charge in [0.05, 0.1) is 0 Å². The SMILES string of the molecule is NC(=O)[C@H]1O[C@@H](O)C(O)[C@@H](O)[C@@H]1O. The van der Waals surface area contributed by atoms with E-state index in [1.807, 2.05) is 0 Å². The van der Waals surface area contributed by atoms with Gasteiger partial charge in [0.2, 0.25) is 5.91 Å². The Labute approximate surface area is 73.4 Å². The second kappa shape index (κ2) is 3.56. The molecule has 1 unspecified atom stereocenters. The van der Waals surface area contributed by atoms with Gasteiger partial charge in [0.25, 0.3) is 0 Å². The minimum Gasteiger partial charge on any atom is -0.387 e. The van der Waals surface area contributed by atoms with E-state index in [2.05, 4.69) is 4.74 Å². The number of carbonyl (C=O) groups is 1. The third kappa shape index (κ3) is 1.79. The largest absolute Gasteiger partial charge is 0.387 e. The highest BCUT2D eigenvalue weighted by molar-refractivity contribution is 5.79. The third-order valence-electron chi connectivity index (χ3n) is 1.87. The maximum absolute atomic E-state index is 10.6. The zero-order chi connectivity index (χ0) is 10.2. The summed E-state index contributed by atoms with van der Waals surface area (Å²) in [7, 11) is 0. The van der Waals surface area contributed by atoms with Gasteiger partial charge in [0.15, 0.2) is 12.4 Å². The van der Waals surface area contributed by atoms with Crippen LogP contribution >= 0.6 is 0 Å². The van der Waals surface area contributed by atoms with Crippen molar-refractivity contribution < 1.29 is 30.0 Å². The van der Waals surface area contributed by atoms with Crippen molar-refractivity contribution >= 4 is 5.91 Å². The van der Waals surface area contributed by atoms with Gasteiger partial charge in [-0.25, -0.2) is 0 Å². The standard InChI is InChI=1S/C6H11NO6/c7-5(11)4-2(9)1(8)3(10)6(12)13-4/h1-4,6,8-10,12H,(H2,7,11)/t1-,2-,3?,4-,6+/m0/s1. The summed E-state index contributed by atoms with van der Waals surface area (Å²) in [6.45, 7) is 0. The first-order valence-corrected chi connectivity index (χ1v) is 3.62. The lowest BCUT2D eigenvalue weighted by Crippen LogP contribution is -2.60. The lowest BCUT2D eigenvalue weighted by atomic mass is 9.99. The molecule has 7 nitrogen and oxygen atoms in total. The highest BCUT2D eigenvalue weighted by Crippen LogP contribution is 2.19. The molecule has 1 rings (SSSR count). The average Bonchev–Trinajstić information content (AvgIpc) is 2.07. The molecule has 1 amide bonds. The Hall–Kier alpha value is -0.730. The summed E-state index contributed by atoms with van der Waals surface area (Å²) in [5.74, 6) is -1.02. The first-order chi connectivity index (χ1) is 5.95. The molecule has 0 aromatic carbocycles. The molecule has 1 heterocycles. The summed E-state index contributed by atoms with van der Waals surface area (Å²) in [5.41, 5.74) is 4.80. The normalized spacial score (nSPS) is 46.0. The van der Waals surface area contributed by atoms with Crippen LogP contribution in [0.4, 0.5) is 0 Å². The van der Waals surface area contributed by atoms with E-state index in [1.165, 1.54) is 0 Å². The van der Waals surface area contributed by atoms with Crippen molar-refractivity contribution in [3.05, 3.63) is 0 Å². The van der Waals surface area contributed by atoms with Crippen LogP contribution in [0.3, 0.4) is 0 Å². The van der Waals surface area contributed by atoms with E-state index >= 15 is 0 Å². The van der Waals surface area contributed by atoms with Crippen LogP contribution in [0.1, 0.15) is 0 Å². The Bertz CT molecular complexity index is 209. The monoisotopic (exact) mass is 193 g/mol. The number of hydrogen-bond acceptors (Lipinski definition) is 6. The zero-order valence-corrected chi connectivity index (χ0v) is 6.57. The quantitative estimate of drug-likeness (QED) is 0.291. The number of aliphatic hydroxyl groups excluding tert-OH is 4. The van der Waals surface area contributed by atoms with Crippen LogP contribution in [-0.2, 0) is 9.53 Å². The number of ether oxygens (including phenoxy) is 1. The summed E-state index contributed by atoms with van der Waals surface area (Å²) >= 11 is 0. The fourth-order valence-electron chi connectivity index (χ4n) is 1.10. The van der Waals surface area contributed by atoms with Crippen LogP contribution in [0.15, 0.2) is 0 Å². The molecule has 13 heavy (non-hydrogen) atoms. The van der Waals surface area contributed by atoms with Crippen LogP contribution in [0.2, 0.25) is 0 Å². The van der Waals surface area contributed by atoms with E-state index in [0.717, 1.165) is 0 Å². The summed E-state index contributed by atoms with van der Waals surface area (Å²) in [6, 6.07) is 0. The van der Waals surface area contributed by atoms with E-state index in [1.54, 1.807) is 0 Å². The van der Waals surface area contributed by atoms with Crippen molar-refractivity contribution in [2.45, 2.75) is 30.7 Å². The highest BCUT2D eigenvalue weighted by atomic mass is 16.6. The average molecular weight is 193 g/mol. The van der Waals surface area contributed by atoms with E-state index < -0.39 is 36.6 Å². The second-order valence-electron chi connectivity index (χ2n) is 2.82. The van der Waals surface area contributed by atoms with Gasteiger partial charge >= 0.3 is 0 Å². The number of hydrogen-bond donors (Lipinski definition) is 5. The van der Waals surface area contributed by atoms with Crippen LogP contribution in [0.5, 0.6) is 0 Å². The van der Waals surface area contributed by atoms with E-state index in [4.69, 9.17) is 26.2 Å². The van der Waals surface area contributed by atoms with Crippen molar-refractivity contribution in [2.75, 3.05) is 0 Å². The number of rotatable bonds is 1. The number of carbonyl (C=O) groups excluding carboxylic acids is 1. The van der Waals surface area contributed by atoms with Crippen LogP contribution in [-0.4, -0.2) is 57.0 Å². The van der Waals surface area contributed by atoms with Gasteiger partial charge in [-0.1, -0.05) is 0 Å². The van der Waals surface area contributed by atoms with Crippen molar-refractivity contribution in [3.63, 3.8) is 0 Å². The van der Waals surface area contributed by atoms with Crippen molar-refractivity contribution in [1.29, 1.82) is 0 Å². The Kier molecular flexibility index (Phi) is 2.84. The van der Waals surface area contributed by atoms with Gasteiger partial charge < -0.3 is 30.9 Å².